The molecule has 160 valence electrons. The SMILES string of the molecule is CCN1CCC(Nc2ccc(C(=O)Nc3ccc4ccccc4c3)cc2[N+](=O)[O-])CC1. The Kier molecular flexibility index (Phi) is 6.13. The molecule has 0 aliphatic carbocycles. The molecule has 1 aliphatic rings. The summed E-state index contributed by atoms with van der Waals surface area (Å²) >= 11 is 0. The van der Waals surface area contributed by atoms with Crippen LogP contribution in [0.4, 0.5) is 17.1 Å². The van der Waals surface area contributed by atoms with Gasteiger partial charge in [-0.2, -0.15) is 0 Å². The Morgan fingerprint density at radius 3 is 2.52 bits per heavy atom. The number of amides is 1. The third-order valence-electron chi connectivity index (χ3n) is 5.86. The topological polar surface area (TPSA) is 87.5 Å². The molecule has 0 aromatic heterocycles. The zero-order chi connectivity index (χ0) is 21.8. The minimum absolute atomic E-state index is 0.0796. The van der Waals surface area contributed by atoms with Gasteiger partial charge in [0.1, 0.15) is 5.69 Å². The average molecular weight is 418 g/mol. The summed E-state index contributed by atoms with van der Waals surface area (Å²) in [7, 11) is 0. The summed E-state index contributed by atoms with van der Waals surface area (Å²) in [6.45, 7) is 5.12. The standard InChI is InChI=1S/C24H26N4O3/c1-2-27-13-11-20(12-14-27)25-22-10-8-19(16-23(22)28(30)31)24(29)26-21-9-7-17-5-3-4-6-18(17)15-21/h3-10,15-16,20,25H,2,11-14H2,1H3,(H,26,29). The lowest BCUT2D eigenvalue weighted by Crippen LogP contribution is -2.38. The molecule has 0 unspecified atom stereocenters. The van der Waals surface area contributed by atoms with Crippen LogP contribution in [0.5, 0.6) is 0 Å². The number of nitrogens with one attached hydrogen (secondary N) is 2. The number of carbonyl (C=O) groups is 1. The van der Waals surface area contributed by atoms with E-state index in [0.29, 0.717) is 11.4 Å². The Labute approximate surface area is 181 Å². The smallest absolute Gasteiger partial charge is 0.293 e. The summed E-state index contributed by atoms with van der Waals surface area (Å²) in [5, 5.41) is 19.9. The summed E-state index contributed by atoms with van der Waals surface area (Å²) in [5.74, 6) is -0.374. The van der Waals surface area contributed by atoms with E-state index in [0.717, 1.165) is 43.2 Å². The summed E-state index contributed by atoms with van der Waals surface area (Å²) < 4.78 is 0. The zero-order valence-electron chi connectivity index (χ0n) is 17.5. The molecule has 3 aromatic rings. The highest BCUT2D eigenvalue weighted by atomic mass is 16.6. The number of benzene rings is 3. The second-order valence-corrected chi connectivity index (χ2v) is 7.86. The summed E-state index contributed by atoms with van der Waals surface area (Å²) in [4.78, 5) is 26.3. The van der Waals surface area contributed by atoms with E-state index in [1.807, 2.05) is 42.5 Å². The van der Waals surface area contributed by atoms with E-state index < -0.39 is 4.92 Å². The molecule has 4 rings (SSSR count). The van der Waals surface area contributed by atoms with Gasteiger partial charge in [-0.1, -0.05) is 37.3 Å². The number of nitro groups is 1. The Morgan fingerprint density at radius 1 is 1.06 bits per heavy atom. The van der Waals surface area contributed by atoms with Crippen molar-refractivity contribution in [1.82, 2.24) is 4.90 Å². The molecule has 0 atom stereocenters. The highest BCUT2D eigenvalue weighted by Crippen LogP contribution is 2.28. The highest BCUT2D eigenvalue weighted by Gasteiger charge is 2.23. The monoisotopic (exact) mass is 418 g/mol. The maximum absolute atomic E-state index is 12.7. The van der Waals surface area contributed by atoms with Crippen LogP contribution in [0.3, 0.4) is 0 Å². The van der Waals surface area contributed by atoms with Crippen molar-refractivity contribution in [3.63, 3.8) is 0 Å². The largest absolute Gasteiger partial charge is 0.377 e. The minimum Gasteiger partial charge on any atom is -0.377 e. The summed E-state index contributed by atoms with van der Waals surface area (Å²) in [6.07, 6.45) is 1.88. The van der Waals surface area contributed by atoms with Crippen molar-refractivity contribution in [2.45, 2.75) is 25.8 Å². The second kappa shape index (κ2) is 9.14. The minimum atomic E-state index is -0.434. The van der Waals surface area contributed by atoms with Crippen LogP contribution in [0.15, 0.2) is 60.7 Å². The van der Waals surface area contributed by atoms with Gasteiger partial charge in [-0.05, 0) is 54.4 Å². The van der Waals surface area contributed by atoms with Crippen LogP contribution < -0.4 is 10.6 Å². The number of rotatable bonds is 6. The molecule has 7 nitrogen and oxygen atoms in total. The fourth-order valence-electron chi connectivity index (χ4n) is 4.03. The lowest BCUT2D eigenvalue weighted by atomic mass is 10.0. The van der Waals surface area contributed by atoms with Crippen molar-refractivity contribution >= 4 is 33.7 Å². The molecule has 1 heterocycles. The fourth-order valence-corrected chi connectivity index (χ4v) is 4.03. The number of anilines is 2. The number of hydrogen-bond donors (Lipinski definition) is 2. The fraction of sp³-hybridized carbons (Fsp3) is 0.292. The molecule has 31 heavy (non-hydrogen) atoms. The number of fused-ring (bicyclic) bond motifs is 1. The van der Waals surface area contributed by atoms with Crippen LogP contribution in [0.25, 0.3) is 10.8 Å². The number of carbonyl (C=O) groups excluding carboxylic acids is 1. The average Bonchev–Trinajstić information content (AvgIpc) is 2.79. The van der Waals surface area contributed by atoms with Crippen molar-refractivity contribution in [2.24, 2.45) is 0 Å². The molecule has 3 aromatic carbocycles. The van der Waals surface area contributed by atoms with Gasteiger partial charge in [0.05, 0.1) is 4.92 Å². The van der Waals surface area contributed by atoms with E-state index in [-0.39, 0.29) is 23.2 Å². The third-order valence-corrected chi connectivity index (χ3v) is 5.86. The van der Waals surface area contributed by atoms with Crippen LogP contribution in [0, 0.1) is 10.1 Å². The van der Waals surface area contributed by atoms with Crippen molar-refractivity contribution in [1.29, 1.82) is 0 Å². The van der Waals surface area contributed by atoms with E-state index in [4.69, 9.17) is 0 Å². The Balaban J connectivity index is 1.49. The van der Waals surface area contributed by atoms with Gasteiger partial charge < -0.3 is 15.5 Å². The van der Waals surface area contributed by atoms with Gasteiger partial charge in [0.25, 0.3) is 11.6 Å². The molecule has 7 heteroatoms. The molecular formula is C24H26N4O3. The molecule has 2 N–H and O–H groups in total. The predicted octanol–water partition coefficient (Wildman–Crippen LogP) is 4.90. The molecule has 0 radical (unpaired) electrons. The molecule has 1 aliphatic heterocycles. The molecule has 1 amide bonds. The van der Waals surface area contributed by atoms with Crippen molar-refractivity contribution < 1.29 is 9.72 Å². The summed E-state index contributed by atoms with van der Waals surface area (Å²) in [6, 6.07) is 18.3. The normalized spacial score (nSPS) is 15.0. The Bertz CT molecular complexity index is 1110. The van der Waals surface area contributed by atoms with Crippen LogP contribution >= 0.6 is 0 Å². The first-order valence-electron chi connectivity index (χ1n) is 10.6. The predicted molar refractivity (Wildman–Crippen MR) is 124 cm³/mol. The van der Waals surface area contributed by atoms with E-state index in [1.54, 1.807) is 12.1 Å². The molecule has 0 spiro atoms. The van der Waals surface area contributed by atoms with E-state index >= 15 is 0 Å². The van der Waals surface area contributed by atoms with Gasteiger partial charge >= 0.3 is 0 Å². The van der Waals surface area contributed by atoms with Crippen LogP contribution in [-0.4, -0.2) is 41.4 Å². The number of nitro benzene ring substituents is 1. The van der Waals surface area contributed by atoms with Gasteiger partial charge in [-0.3, -0.25) is 14.9 Å². The molecule has 1 fully saturated rings. The first-order valence-corrected chi connectivity index (χ1v) is 10.6. The maximum atomic E-state index is 12.7. The van der Waals surface area contributed by atoms with Crippen molar-refractivity contribution in [2.75, 3.05) is 30.3 Å². The van der Waals surface area contributed by atoms with Crippen molar-refractivity contribution in [3.8, 4) is 0 Å². The molecule has 0 bridgehead atoms. The van der Waals surface area contributed by atoms with Gasteiger partial charge in [0, 0.05) is 36.4 Å². The van der Waals surface area contributed by atoms with Gasteiger partial charge in [-0.25, -0.2) is 0 Å². The summed E-state index contributed by atoms with van der Waals surface area (Å²) in [5.41, 5.74) is 1.29. The Hall–Kier alpha value is -3.45. The van der Waals surface area contributed by atoms with Gasteiger partial charge in [-0.15, -0.1) is 0 Å². The first-order chi connectivity index (χ1) is 15.0. The molecular weight excluding hydrogens is 392 g/mol. The lowest BCUT2D eigenvalue weighted by Gasteiger charge is -2.31. The van der Waals surface area contributed by atoms with Gasteiger partial charge in [0.2, 0.25) is 0 Å². The Morgan fingerprint density at radius 2 is 1.81 bits per heavy atom. The van der Waals surface area contributed by atoms with Crippen LogP contribution in [0.1, 0.15) is 30.1 Å². The number of piperidine rings is 1. The molecule has 1 saturated heterocycles. The van der Waals surface area contributed by atoms with Crippen molar-refractivity contribution in [3.05, 3.63) is 76.3 Å². The molecule has 0 saturated carbocycles. The van der Waals surface area contributed by atoms with Crippen LogP contribution in [-0.2, 0) is 0 Å². The van der Waals surface area contributed by atoms with E-state index in [9.17, 15) is 14.9 Å². The number of hydrogen-bond acceptors (Lipinski definition) is 5. The lowest BCUT2D eigenvalue weighted by molar-refractivity contribution is -0.384. The van der Waals surface area contributed by atoms with Crippen LogP contribution in [0.2, 0.25) is 0 Å². The maximum Gasteiger partial charge on any atom is 0.293 e. The second-order valence-electron chi connectivity index (χ2n) is 7.86. The third kappa shape index (κ3) is 4.83. The zero-order valence-corrected chi connectivity index (χ0v) is 17.5. The van der Waals surface area contributed by atoms with E-state index in [2.05, 4.69) is 22.5 Å². The quantitative estimate of drug-likeness (QED) is 0.439. The number of nitrogens with zero attached hydrogens (tertiary/aromatic N) is 2. The first kappa shape index (κ1) is 20.8. The highest BCUT2D eigenvalue weighted by molar-refractivity contribution is 6.06. The van der Waals surface area contributed by atoms with Gasteiger partial charge in [0.15, 0.2) is 0 Å². The van der Waals surface area contributed by atoms with E-state index in [1.165, 1.54) is 6.07 Å². The number of likely N-dealkylation sites (tertiary alicyclic amines) is 1.